The van der Waals surface area contributed by atoms with Crippen LogP contribution in [0, 0.1) is 0 Å². The van der Waals surface area contributed by atoms with Gasteiger partial charge in [0.1, 0.15) is 49.1 Å². The summed E-state index contributed by atoms with van der Waals surface area (Å²) in [5.41, 5.74) is -2.40. The Morgan fingerprint density at radius 1 is 0.561 bits per heavy atom. The summed E-state index contributed by atoms with van der Waals surface area (Å²) in [5, 5.41) is 11.2. The van der Waals surface area contributed by atoms with Gasteiger partial charge in [-0.15, -0.1) is 0 Å². The van der Waals surface area contributed by atoms with Crippen molar-refractivity contribution in [3.05, 3.63) is 0 Å². The summed E-state index contributed by atoms with van der Waals surface area (Å²) in [6.45, 7) is 14.4. The van der Waals surface area contributed by atoms with Crippen molar-refractivity contribution in [1.29, 1.82) is 0 Å². The fourth-order valence-corrected chi connectivity index (χ4v) is 9.38. The molecule has 5 amide bonds. The van der Waals surface area contributed by atoms with Gasteiger partial charge in [0.25, 0.3) is 5.72 Å². The molecule has 3 fully saturated rings. The highest BCUT2D eigenvalue weighted by molar-refractivity contribution is 5.87. The summed E-state index contributed by atoms with van der Waals surface area (Å²) in [6, 6.07) is -3.09. The Hall–Kier alpha value is -6.52. The molecule has 3 saturated heterocycles. The lowest BCUT2D eigenvalue weighted by molar-refractivity contribution is -0.277. The number of carbonyl (C=O) groups is 12. The maximum absolute atomic E-state index is 13.5. The Balaban J connectivity index is 1.55. The van der Waals surface area contributed by atoms with Gasteiger partial charge in [0.15, 0.2) is 30.9 Å². The molecule has 4 N–H and O–H groups in total. The zero-order valence-corrected chi connectivity index (χ0v) is 49.0. The predicted octanol–water partition coefficient (Wildman–Crippen LogP) is 1.52. The largest absolute Gasteiger partial charge is 0.463 e. The van der Waals surface area contributed by atoms with Gasteiger partial charge in [0, 0.05) is 101 Å². The van der Waals surface area contributed by atoms with Crippen molar-refractivity contribution in [2.24, 2.45) is 0 Å². The molecule has 28 heteroatoms. The highest BCUT2D eigenvalue weighted by atomic mass is 16.7. The molecule has 0 aromatic carbocycles. The number of nitrogens with one attached hydrogen (secondary N) is 4. The van der Waals surface area contributed by atoms with Gasteiger partial charge in [-0.05, 0) is 78.6 Å². The average Bonchev–Trinajstić information content (AvgIpc) is 2.28. The molecule has 11 atom stereocenters. The first-order valence-electron chi connectivity index (χ1n) is 27.7. The van der Waals surface area contributed by atoms with E-state index in [0.717, 1.165) is 34.6 Å². The number of carbonyl (C=O) groups excluding carboxylic acids is 12. The van der Waals surface area contributed by atoms with Crippen LogP contribution in [0.15, 0.2) is 0 Å². The van der Waals surface area contributed by atoms with Crippen molar-refractivity contribution < 1.29 is 110 Å². The van der Waals surface area contributed by atoms with E-state index >= 15 is 0 Å². The van der Waals surface area contributed by atoms with Crippen molar-refractivity contribution >= 4 is 71.3 Å². The molecule has 3 heterocycles. The van der Waals surface area contributed by atoms with Crippen LogP contribution in [-0.2, 0) is 110 Å². The van der Waals surface area contributed by atoms with Crippen molar-refractivity contribution in [1.82, 2.24) is 26.2 Å². The standard InChI is InChI=1S/C54H85N5O23/c1-31(60)57-45-47(77-36(6)65)46(76-35(5)64)40(29-74-33(3)62)79-51(45)72-27-19-15-22-42(68)55-25-18-14-21-39(50(71)56-26-17-12-13-24-44(70)82-53(9,10)11)58-43(69)23-16-20-28-73-52-48-54(81-38(8)67,59(48)32(2)61)49(78-37(7)66)41(80-52)30-75-34(4)63/h39-41,45-49,51-52H,12-30H2,1-11H3,(H,55,68)(H,56,71)(H,57,60)(H,58,69)/t39-,40?,41?,45?,46?,47?,48?,49?,51?,52?,54?,59?/m0/s1. The van der Waals surface area contributed by atoms with Gasteiger partial charge < -0.3 is 73.4 Å². The summed E-state index contributed by atoms with van der Waals surface area (Å²) in [6.07, 6.45) is -4.23. The van der Waals surface area contributed by atoms with Gasteiger partial charge in [0.2, 0.25) is 29.5 Å². The third-order valence-electron chi connectivity index (χ3n) is 12.6. The number of unbranched alkanes of at least 4 members (excludes halogenated alkanes) is 5. The van der Waals surface area contributed by atoms with Crippen LogP contribution < -0.4 is 21.3 Å². The van der Waals surface area contributed by atoms with Crippen LogP contribution in [0.3, 0.4) is 0 Å². The molecule has 3 aliphatic rings. The van der Waals surface area contributed by atoms with Gasteiger partial charge in [-0.3, -0.25) is 62.4 Å². The second kappa shape index (κ2) is 34.2. The van der Waals surface area contributed by atoms with Crippen LogP contribution in [0.4, 0.5) is 0 Å². The smallest absolute Gasteiger partial charge is 0.306 e. The molecule has 82 heavy (non-hydrogen) atoms. The Bertz CT molecular complexity index is 2220. The van der Waals surface area contributed by atoms with Gasteiger partial charge >= 0.3 is 41.8 Å². The van der Waals surface area contributed by atoms with Crippen LogP contribution in [0.1, 0.15) is 160 Å². The minimum Gasteiger partial charge on any atom is -0.463 e. The predicted molar refractivity (Wildman–Crippen MR) is 281 cm³/mol. The zero-order chi connectivity index (χ0) is 61.3. The van der Waals surface area contributed by atoms with Crippen molar-refractivity contribution in [3.8, 4) is 0 Å². The first-order chi connectivity index (χ1) is 38.6. The van der Waals surface area contributed by atoms with Crippen molar-refractivity contribution in [2.45, 2.75) is 232 Å². The maximum Gasteiger partial charge on any atom is 0.306 e. The lowest BCUT2D eigenvalue weighted by Gasteiger charge is -2.44. The Morgan fingerprint density at radius 2 is 1.10 bits per heavy atom. The third kappa shape index (κ3) is 24.1. The van der Waals surface area contributed by atoms with Crippen LogP contribution in [-0.4, -0.2) is 188 Å². The first-order valence-corrected chi connectivity index (χ1v) is 27.7. The van der Waals surface area contributed by atoms with Crippen LogP contribution in [0.2, 0.25) is 0 Å². The van der Waals surface area contributed by atoms with E-state index in [1.807, 2.05) is 0 Å². The highest BCUT2D eigenvalue weighted by Crippen LogP contribution is 2.54. The summed E-state index contributed by atoms with van der Waals surface area (Å²) < 4.78 is 61.7. The van der Waals surface area contributed by atoms with Crippen LogP contribution >= 0.6 is 0 Å². The number of hydrogen-bond donors (Lipinski definition) is 4. The molecule has 10 unspecified atom stereocenters. The Morgan fingerprint density at radius 3 is 1.66 bits per heavy atom. The molecule has 3 rings (SSSR count). The quantitative estimate of drug-likeness (QED) is 0.0307. The molecule has 3 aliphatic heterocycles. The molecule has 0 saturated carbocycles. The fourth-order valence-electron chi connectivity index (χ4n) is 9.38. The summed E-state index contributed by atoms with van der Waals surface area (Å²) in [5.74, 6) is -6.86. The number of rotatable bonds is 34. The lowest BCUT2D eigenvalue weighted by atomic mass is 9.96. The van der Waals surface area contributed by atoms with Gasteiger partial charge in [-0.25, -0.2) is 0 Å². The van der Waals surface area contributed by atoms with E-state index in [2.05, 4.69) is 21.3 Å². The van der Waals surface area contributed by atoms with Crippen LogP contribution in [0.5, 0.6) is 0 Å². The minimum absolute atomic E-state index is 0.0114. The number of nitrogens with zero attached hydrogens (tertiary/aromatic N) is 1. The van der Waals surface area contributed by atoms with Crippen molar-refractivity contribution in [3.63, 3.8) is 0 Å². The molecule has 0 bridgehead atoms. The number of amides is 5. The van der Waals surface area contributed by atoms with E-state index in [9.17, 15) is 57.5 Å². The monoisotopic (exact) mass is 1170 g/mol. The normalized spacial score (nSPS) is 23.9. The molecular formula is C54H85N5O23. The number of hydrogen-bond acceptors (Lipinski definition) is 23. The lowest BCUT2D eigenvalue weighted by Crippen LogP contribution is -2.66. The van der Waals surface area contributed by atoms with Gasteiger partial charge in [-0.2, -0.15) is 0 Å². The third-order valence-corrected chi connectivity index (χ3v) is 12.6. The fraction of sp³-hybridized carbons (Fsp3) is 0.778. The van der Waals surface area contributed by atoms with E-state index in [-0.39, 0.29) is 70.3 Å². The first kappa shape index (κ1) is 69.7. The van der Waals surface area contributed by atoms with E-state index in [0.29, 0.717) is 51.4 Å². The van der Waals surface area contributed by atoms with E-state index in [1.54, 1.807) is 20.8 Å². The van der Waals surface area contributed by atoms with E-state index in [4.69, 9.17) is 52.1 Å². The molecule has 0 radical (unpaired) electrons. The maximum atomic E-state index is 13.5. The highest BCUT2D eigenvalue weighted by Gasteiger charge is 2.81. The topological polar surface area (TPSA) is 358 Å². The molecule has 0 aromatic heterocycles. The molecule has 28 nitrogen and oxygen atoms in total. The van der Waals surface area contributed by atoms with Crippen molar-refractivity contribution in [2.75, 3.05) is 39.5 Å². The Labute approximate surface area is 477 Å². The second-order valence-corrected chi connectivity index (χ2v) is 21.1. The second-order valence-electron chi connectivity index (χ2n) is 21.1. The van der Waals surface area contributed by atoms with E-state index in [1.165, 1.54) is 25.7 Å². The molecule has 464 valence electrons. The van der Waals surface area contributed by atoms with Crippen LogP contribution in [0.25, 0.3) is 0 Å². The van der Waals surface area contributed by atoms with Gasteiger partial charge in [0.05, 0.1) is 0 Å². The average molecular weight is 1170 g/mol. The number of esters is 7. The summed E-state index contributed by atoms with van der Waals surface area (Å²) in [4.78, 5) is 150. The SMILES string of the molecule is CC(=O)NC1C(OCCCCC(=O)NCCCC[C@H](NC(=O)CCCCOC2OC(COC(C)=O)C(OC(C)=O)C3(OC(C)=O)C2N3C(C)=O)C(=O)NCCCCCC(=O)OC(C)(C)C)OC(COC(C)=O)C(OC(C)=O)C1OC(C)=O. The van der Waals surface area contributed by atoms with Gasteiger partial charge in [-0.1, -0.05) is 6.42 Å². The molecule has 0 spiro atoms. The number of ether oxygens (including phenoxy) is 11. The zero-order valence-electron chi connectivity index (χ0n) is 49.0. The summed E-state index contributed by atoms with van der Waals surface area (Å²) in [7, 11) is 0. The van der Waals surface area contributed by atoms with E-state index < -0.39 is 145 Å². The number of fused-ring (bicyclic) bond motifs is 1. The Kier molecular flexibility index (Phi) is 29.1. The molecular weight excluding hydrogens is 1090 g/mol. The molecule has 0 aliphatic carbocycles. The summed E-state index contributed by atoms with van der Waals surface area (Å²) >= 11 is 0. The molecule has 0 aromatic rings. The minimum atomic E-state index is -1.80.